The number of hydrogen-bond donors (Lipinski definition) is 4. The first-order chi connectivity index (χ1) is 32.4. The minimum atomic E-state index is 0.827. The lowest BCUT2D eigenvalue weighted by Crippen LogP contribution is -1.94. The molecule has 8 aromatic heterocycles. The van der Waals surface area contributed by atoms with Gasteiger partial charge in [0.25, 0.3) is 0 Å². The van der Waals surface area contributed by atoms with E-state index in [1.807, 2.05) is 60.2 Å². The highest BCUT2D eigenvalue weighted by molar-refractivity contribution is 5.97. The Morgan fingerprint density at radius 2 is 0.697 bits per heavy atom. The fourth-order valence-corrected chi connectivity index (χ4v) is 9.27. The number of aromatic amines is 4. The Labute approximate surface area is 376 Å². The second kappa shape index (κ2) is 14.7. The molecule has 12 heteroatoms. The minimum Gasteiger partial charge on any atom is -0.355 e. The molecular formula is C54H38N12. The number of fused-ring (bicyclic) bond motifs is 16. The molecule has 66 heavy (non-hydrogen) atoms. The smallest absolute Gasteiger partial charge is 0.143 e. The Morgan fingerprint density at radius 3 is 1.03 bits per heavy atom. The Kier molecular flexibility index (Phi) is 8.34. The Bertz CT molecular complexity index is 3730. The molecule has 13 rings (SSSR count). The fraction of sp³-hybridized carbons (Fsp3) is 0.0370. The van der Waals surface area contributed by atoms with E-state index in [0.29, 0.717) is 0 Å². The summed E-state index contributed by atoms with van der Waals surface area (Å²) in [7, 11) is 4.00. The number of aromatic nitrogens is 12. The lowest BCUT2D eigenvalue weighted by Gasteiger charge is -2.09. The Morgan fingerprint density at radius 1 is 0.364 bits per heavy atom. The number of nitrogens with zero attached hydrogens (tertiary/aromatic N) is 8. The molecule has 12 nitrogen and oxygen atoms in total. The van der Waals surface area contributed by atoms with Gasteiger partial charge in [-0.3, -0.25) is 0 Å². The van der Waals surface area contributed by atoms with Crippen LogP contribution >= 0.6 is 0 Å². The normalized spacial score (nSPS) is 12.8. The third-order valence-electron chi connectivity index (χ3n) is 12.3. The van der Waals surface area contributed by atoms with Crippen LogP contribution in [-0.2, 0) is 14.1 Å². The van der Waals surface area contributed by atoms with Crippen molar-refractivity contribution in [2.45, 2.75) is 0 Å². The molecule has 314 valence electrons. The molecule has 1 aromatic carbocycles. The highest BCUT2D eigenvalue weighted by atomic mass is 15.0. The zero-order chi connectivity index (χ0) is 43.9. The van der Waals surface area contributed by atoms with Crippen molar-refractivity contribution in [1.82, 2.24) is 59.0 Å². The first-order valence-electron chi connectivity index (χ1n) is 21.7. The SMILES string of the molecule is Cn1ccnc1-c1c2nc(cc3ccc([nH]3)c(-c3cccc(-c4c5nc(cc6ccc([nH]6)c(-c6nccn6C)c6nc(cc7ccc4[nH]7)C=C6)C=C5)c3)c3nc(cc4ccc1[nH]4)C=C3)C=C2. The number of nitrogens with one attached hydrogen (secondary N) is 4. The number of imidazole rings is 2. The molecule has 16 bridgehead atoms. The minimum absolute atomic E-state index is 0.827. The van der Waals surface area contributed by atoms with Gasteiger partial charge in [-0.15, -0.1) is 0 Å². The summed E-state index contributed by atoms with van der Waals surface area (Å²) in [4.78, 5) is 44.7. The third kappa shape index (κ3) is 6.46. The van der Waals surface area contributed by atoms with E-state index in [1.165, 1.54) is 0 Å². The van der Waals surface area contributed by atoms with Crippen LogP contribution in [0.1, 0.15) is 45.6 Å². The summed E-state index contributed by atoms with van der Waals surface area (Å²) in [5.74, 6) is 1.65. The molecule has 0 atom stereocenters. The molecule has 0 unspecified atom stereocenters. The molecular weight excluding hydrogens is 817 g/mol. The van der Waals surface area contributed by atoms with Crippen LogP contribution in [0.4, 0.5) is 0 Å². The average Bonchev–Trinajstić information content (AvgIpc) is 4.14. The van der Waals surface area contributed by atoms with Gasteiger partial charge in [0, 0.05) is 83.1 Å². The van der Waals surface area contributed by atoms with Gasteiger partial charge in [0.2, 0.25) is 0 Å². The lowest BCUT2D eigenvalue weighted by molar-refractivity contribution is 0.924. The van der Waals surface area contributed by atoms with E-state index < -0.39 is 0 Å². The van der Waals surface area contributed by atoms with Crippen LogP contribution in [0.2, 0.25) is 0 Å². The predicted octanol–water partition coefficient (Wildman–Crippen LogP) is 11.8. The van der Waals surface area contributed by atoms with Gasteiger partial charge in [0.05, 0.1) is 67.7 Å². The van der Waals surface area contributed by atoms with E-state index in [2.05, 4.69) is 153 Å². The predicted molar refractivity (Wildman–Crippen MR) is 267 cm³/mol. The number of rotatable bonds is 4. The summed E-state index contributed by atoms with van der Waals surface area (Å²) in [6.45, 7) is 0. The van der Waals surface area contributed by atoms with Gasteiger partial charge in [-0.2, -0.15) is 0 Å². The van der Waals surface area contributed by atoms with Crippen LogP contribution in [-0.4, -0.2) is 59.0 Å². The van der Waals surface area contributed by atoms with Crippen LogP contribution < -0.4 is 0 Å². The van der Waals surface area contributed by atoms with E-state index in [0.717, 1.165) is 135 Å². The Balaban J connectivity index is 1.01. The van der Waals surface area contributed by atoms with Gasteiger partial charge in [-0.05, 0) is 139 Å². The van der Waals surface area contributed by atoms with Gasteiger partial charge in [-0.25, -0.2) is 29.9 Å². The lowest BCUT2D eigenvalue weighted by atomic mass is 9.97. The van der Waals surface area contributed by atoms with Gasteiger partial charge in [-0.1, -0.05) is 18.2 Å². The number of benzene rings is 1. The summed E-state index contributed by atoms with van der Waals surface area (Å²) < 4.78 is 4.03. The second-order valence-electron chi connectivity index (χ2n) is 16.7. The van der Waals surface area contributed by atoms with Crippen molar-refractivity contribution >= 4 is 92.7 Å². The van der Waals surface area contributed by atoms with Crippen molar-refractivity contribution in [1.29, 1.82) is 0 Å². The van der Waals surface area contributed by atoms with Gasteiger partial charge >= 0.3 is 0 Å². The molecule has 4 aliphatic rings. The van der Waals surface area contributed by atoms with E-state index in [-0.39, 0.29) is 0 Å². The molecule has 0 radical (unpaired) electrons. The van der Waals surface area contributed by atoms with E-state index in [1.54, 1.807) is 0 Å². The maximum absolute atomic E-state index is 5.23. The van der Waals surface area contributed by atoms with Gasteiger partial charge in [0.1, 0.15) is 11.6 Å². The fourth-order valence-electron chi connectivity index (χ4n) is 9.27. The number of aryl methyl sites for hydroxylation is 2. The van der Waals surface area contributed by atoms with E-state index in [9.17, 15) is 0 Å². The summed E-state index contributed by atoms with van der Waals surface area (Å²) in [6, 6.07) is 33.7. The molecule has 0 fully saturated rings. The highest BCUT2D eigenvalue weighted by Crippen LogP contribution is 2.37. The van der Waals surface area contributed by atoms with Crippen molar-refractivity contribution in [2.24, 2.45) is 14.1 Å². The molecule has 4 aliphatic heterocycles. The standard InChI is InChI=1S/C54H38N12/c1-65-24-22-55-53(65)51-45-18-10-37(61-45)27-33-6-14-41(57-33)49(42-15-7-34(58-42)28-38-11-19-46(51)62-38)31-4-3-5-32(26-31)50-43-16-8-35(59-43)29-39-12-20-47(63-39)52(54-56-23-25-66(54)2)48-21-13-40(64-48)30-36-9-17-44(50)60-36/h3-30,57,59,62,64H,1-2H3. The molecule has 0 amide bonds. The molecule has 12 heterocycles. The van der Waals surface area contributed by atoms with Gasteiger partial charge in [0.15, 0.2) is 0 Å². The molecule has 0 saturated carbocycles. The number of hydrogen-bond acceptors (Lipinski definition) is 6. The van der Waals surface area contributed by atoms with Crippen LogP contribution in [0.3, 0.4) is 0 Å². The topological polar surface area (TPSA) is 150 Å². The summed E-state index contributed by atoms with van der Waals surface area (Å²) in [5, 5.41) is 0. The summed E-state index contributed by atoms with van der Waals surface area (Å²) >= 11 is 0. The third-order valence-corrected chi connectivity index (χ3v) is 12.3. The zero-order valence-corrected chi connectivity index (χ0v) is 35.7. The van der Waals surface area contributed by atoms with E-state index >= 15 is 0 Å². The van der Waals surface area contributed by atoms with Crippen molar-refractivity contribution in [3.8, 4) is 45.0 Å². The van der Waals surface area contributed by atoms with Crippen LogP contribution in [0.5, 0.6) is 0 Å². The number of H-pyrrole nitrogens is 4. The monoisotopic (exact) mass is 854 g/mol. The molecule has 0 aliphatic carbocycles. The maximum Gasteiger partial charge on any atom is 0.143 e. The largest absolute Gasteiger partial charge is 0.355 e. The maximum atomic E-state index is 5.23. The molecule has 0 saturated heterocycles. The quantitative estimate of drug-likeness (QED) is 0.138. The van der Waals surface area contributed by atoms with Crippen LogP contribution in [0.25, 0.3) is 138 Å². The molecule has 0 spiro atoms. The van der Waals surface area contributed by atoms with Crippen molar-refractivity contribution < 1.29 is 0 Å². The second-order valence-corrected chi connectivity index (χ2v) is 16.7. The van der Waals surface area contributed by atoms with Crippen molar-refractivity contribution in [2.75, 3.05) is 0 Å². The van der Waals surface area contributed by atoms with Crippen molar-refractivity contribution in [3.05, 3.63) is 167 Å². The molecule has 4 N–H and O–H groups in total. The Hall–Kier alpha value is -9.16. The average molecular weight is 855 g/mol. The first kappa shape index (κ1) is 37.4. The first-order valence-corrected chi connectivity index (χ1v) is 21.7. The van der Waals surface area contributed by atoms with E-state index in [4.69, 9.17) is 29.9 Å². The summed E-state index contributed by atoms with van der Waals surface area (Å²) in [6.07, 6.45) is 24.0. The van der Waals surface area contributed by atoms with Gasteiger partial charge < -0.3 is 29.1 Å². The van der Waals surface area contributed by atoms with Crippen LogP contribution in [0, 0.1) is 0 Å². The zero-order valence-electron chi connectivity index (χ0n) is 35.7. The van der Waals surface area contributed by atoms with Crippen molar-refractivity contribution in [3.63, 3.8) is 0 Å². The highest BCUT2D eigenvalue weighted by Gasteiger charge is 2.19. The summed E-state index contributed by atoms with van der Waals surface area (Å²) in [5.41, 5.74) is 19.9. The molecule has 9 aromatic rings. The van der Waals surface area contributed by atoms with Crippen LogP contribution in [0.15, 0.2) is 122 Å².